The second-order valence-corrected chi connectivity index (χ2v) is 6.47. The molecule has 0 amide bonds. The molecule has 1 aromatic rings. The summed E-state index contributed by atoms with van der Waals surface area (Å²) in [6.07, 6.45) is 0.346. The van der Waals surface area contributed by atoms with Crippen LogP contribution in [0, 0.1) is 6.92 Å². The lowest BCUT2D eigenvalue weighted by Crippen LogP contribution is -2.41. The SMILES string of the molecule is CC(=O)Cc1nc(B2OC(C)(C)C(C)(C)O2)ccc1C. The highest BCUT2D eigenvalue weighted by molar-refractivity contribution is 6.61. The predicted molar refractivity (Wildman–Crippen MR) is 79.1 cm³/mol. The summed E-state index contributed by atoms with van der Waals surface area (Å²) in [4.78, 5) is 15.9. The number of aromatic nitrogens is 1. The van der Waals surface area contributed by atoms with E-state index in [-0.39, 0.29) is 17.0 Å². The van der Waals surface area contributed by atoms with Gasteiger partial charge in [0, 0.05) is 6.42 Å². The second kappa shape index (κ2) is 4.97. The zero-order valence-corrected chi connectivity index (χ0v) is 13.1. The summed E-state index contributed by atoms with van der Waals surface area (Å²) in [6, 6.07) is 3.87. The molecule has 2 rings (SSSR count). The molecule has 108 valence electrons. The molecule has 0 radical (unpaired) electrons. The molecule has 0 unspecified atom stereocenters. The van der Waals surface area contributed by atoms with Crippen molar-refractivity contribution in [2.45, 2.75) is 59.2 Å². The molecule has 4 nitrogen and oxygen atoms in total. The maximum Gasteiger partial charge on any atom is 0.514 e. The molecule has 20 heavy (non-hydrogen) atoms. The van der Waals surface area contributed by atoms with Crippen molar-refractivity contribution in [2.75, 3.05) is 0 Å². The fourth-order valence-electron chi connectivity index (χ4n) is 2.10. The first-order chi connectivity index (χ1) is 9.12. The number of carbonyl (C=O) groups excluding carboxylic acids is 1. The topological polar surface area (TPSA) is 48.4 Å². The van der Waals surface area contributed by atoms with Gasteiger partial charge in [0.15, 0.2) is 0 Å². The molecule has 0 aliphatic carbocycles. The van der Waals surface area contributed by atoms with Crippen molar-refractivity contribution in [3.63, 3.8) is 0 Å². The highest BCUT2D eigenvalue weighted by Crippen LogP contribution is 2.36. The third-order valence-corrected chi connectivity index (χ3v) is 4.13. The molecule has 2 heterocycles. The number of aryl methyl sites for hydroxylation is 1. The molecule has 0 spiro atoms. The van der Waals surface area contributed by atoms with Gasteiger partial charge in [-0.1, -0.05) is 6.07 Å². The van der Waals surface area contributed by atoms with E-state index >= 15 is 0 Å². The van der Waals surface area contributed by atoms with E-state index < -0.39 is 7.12 Å². The molecular formula is C15H22BNO3. The van der Waals surface area contributed by atoms with E-state index in [0.717, 1.165) is 16.9 Å². The monoisotopic (exact) mass is 275 g/mol. The maximum atomic E-state index is 11.3. The van der Waals surface area contributed by atoms with Crippen LogP contribution in [0.25, 0.3) is 0 Å². The van der Waals surface area contributed by atoms with Crippen molar-refractivity contribution in [3.8, 4) is 0 Å². The predicted octanol–water partition coefficient (Wildman–Crippen LogP) is 1.82. The van der Waals surface area contributed by atoms with E-state index in [1.807, 2.05) is 46.8 Å². The normalized spacial score (nSPS) is 20.2. The summed E-state index contributed by atoms with van der Waals surface area (Å²) in [6.45, 7) is 11.6. The minimum Gasteiger partial charge on any atom is -0.398 e. The Balaban J connectivity index is 2.29. The minimum absolute atomic E-state index is 0.103. The molecule has 1 aliphatic heterocycles. The number of hydrogen-bond acceptors (Lipinski definition) is 4. The van der Waals surface area contributed by atoms with Crippen molar-refractivity contribution in [1.29, 1.82) is 0 Å². The smallest absolute Gasteiger partial charge is 0.398 e. The van der Waals surface area contributed by atoms with Gasteiger partial charge in [0.05, 0.1) is 22.5 Å². The molecule has 1 aliphatic rings. The highest BCUT2D eigenvalue weighted by Gasteiger charge is 2.52. The molecule has 0 N–H and O–H groups in total. The summed E-state index contributed by atoms with van der Waals surface area (Å²) in [5.74, 6) is 0.103. The number of Topliss-reactive ketones (excluding diaryl/α,β-unsaturated/α-hetero) is 1. The van der Waals surface area contributed by atoms with Gasteiger partial charge in [-0.25, -0.2) is 0 Å². The van der Waals surface area contributed by atoms with Crippen LogP contribution in [0.4, 0.5) is 0 Å². The van der Waals surface area contributed by atoms with E-state index in [1.165, 1.54) is 0 Å². The molecule has 0 aromatic carbocycles. The van der Waals surface area contributed by atoms with Crippen LogP contribution in [0.5, 0.6) is 0 Å². The third-order valence-electron chi connectivity index (χ3n) is 4.13. The summed E-state index contributed by atoms with van der Waals surface area (Å²) >= 11 is 0. The summed E-state index contributed by atoms with van der Waals surface area (Å²) < 4.78 is 12.0. The Morgan fingerprint density at radius 1 is 1.20 bits per heavy atom. The first-order valence-corrected chi connectivity index (χ1v) is 6.94. The summed E-state index contributed by atoms with van der Waals surface area (Å²) in [5.41, 5.74) is 1.77. The standard InChI is InChI=1S/C15H22BNO3/c1-10-7-8-13(17-12(10)9-11(2)18)16-19-14(3,4)15(5,6)20-16/h7-8H,9H2,1-6H3. The number of hydrogen-bond donors (Lipinski definition) is 0. The van der Waals surface area contributed by atoms with Gasteiger partial charge in [-0.3, -0.25) is 9.78 Å². The van der Waals surface area contributed by atoms with Crippen LogP contribution in [0.15, 0.2) is 12.1 Å². The number of ketones is 1. The van der Waals surface area contributed by atoms with Crippen LogP contribution in [0.2, 0.25) is 0 Å². The molecule has 0 atom stereocenters. The minimum atomic E-state index is -0.480. The first-order valence-electron chi connectivity index (χ1n) is 6.94. The van der Waals surface area contributed by atoms with Gasteiger partial charge in [0.25, 0.3) is 0 Å². The Morgan fingerprint density at radius 2 is 1.75 bits per heavy atom. The number of nitrogens with zero attached hydrogens (tertiary/aromatic N) is 1. The molecule has 1 aromatic heterocycles. The Kier molecular flexibility index (Phi) is 3.78. The number of rotatable bonds is 3. The van der Waals surface area contributed by atoms with E-state index in [4.69, 9.17) is 9.31 Å². The van der Waals surface area contributed by atoms with Crippen molar-refractivity contribution in [1.82, 2.24) is 4.98 Å². The Bertz CT molecular complexity index is 524. The molecule has 1 saturated heterocycles. The van der Waals surface area contributed by atoms with Crippen LogP contribution in [0.1, 0.15) is 45.9 Å². The van der Waals surface area contributed by atoms with Gasteiger partial charge in [0.1, 0.15) is 5.78 Å². The molecule has 1 fully saturated rings. The quantitative estimate of drug-likeness (QED) is 0.789. The van der Waals surface area contributed by atoms with Crippen LogP contribution in [-0.2, 0) is 20.5 Å². The fraction of sp³-hybridized carbons (Fsp3) is 0.600. The average molecular weight is 275 g/mol. The lowest BCUT2D eigenvalue weighted by molar-refractivity contribution is -0.116. The van der Waals surface area contributed by atoms with Crippen LogP contribution < -0.4 is 5.59 Å². The number of pyridine rings is 1. The van der Waals surface area contributed by atoms with Crippen molar-refractivity contribution in [3.05, 3.63) is 23.4 Å². The van der Waals surface area contributed by atoms with Crippen molar-refractivity contribution < 1.29 is 14.1 Å². The Hall–Kier alpha value is -1.20. The van der Waals surface area contributed by atoms with E-state index in [1.54, 1.807) is 6.92 Å². The van der Waals surface area contributed by atoms with Crippen LogP contribution in [0.3, 0.4) is 0 Å². The molecule has 0 saturated carbocycles. The van der Waals surface area contributed by atoms with E-state index in [2.05, 4.69) is 4.98 Å². The second-order valence-electron chi connectivity index (χ2n) is 6.47. The summed E-state index contributed by atoms with van der Waals surface area (Å²) in [7, 11) is -0.480. The van der Waals surface area contributed by atoms with Gasteiger partial charge in [-0.2, -0.15) is 0 Å². The Labute approximate surface area is 121 Å². The average Bonchev–Trinajstić information content (AvgIpc) is 2.50. The highest BCUT2D eigenvalue weighted by atomic mass is 16.7. The van der Waals surface area contributed by atoms with Gasteiger partial charge in [-0.15, -0.1) is 0 Å². The van der Waals surface area contributed by atoms with Crippen molar-refractivity contribution >= 4 is 18.5 Å². The third kappa shape index (κ3) is 2.79. The molecule has 5 heteroatoms. The van der Waals surface area contributed by atoms with E-state index in [9.17, 15) is 4.79 Å². The summed E-state index contributed by atoms with van der Waals surface area (Å²) in [5, 5.41) is 0. The van der Waals surface area contributed by atoms with Gasteiger partial charge in [0.2, 0.25) is 0 Å². The maximum absolute atomic E-state index is 11.3. The number of carbonyl (C=O) groups is 1. The van der Waals surface area contributed by atoms with Gasteiger partial charge < -0.3 is 9.31 Å². The van der Waals surface area contributed by atoms with Crippen molar-refractivity contribution in [2.24, 2.45) is 0 Å². The van der Waals surface area contributed by atoms with Crippen LogP contribution >= 0.6 is 0 Å². The molecular weight excluding hydrogens is 253 g/mol. The lowest BCUT2D eigenvalue weighted by atomic mass is 9.83. The zero-order valence-electron chi connectivity index (χ0n) is 13.1. The Morgan fingerprint density at radius 3 is 2.25 bits per heavy atom. The van der Waals surface area contributed by atoms with Gasteiger partial charge in [-0.05, 0) is 53.2 Å². The fourth-order valence-corrected chi connectivity index (χ4v) is 2.10. The molecule has 0 bridgehead atoms. The van der Waals surface area contributed by atoms with E-state index in [0.29, 0.717) is 6.42 Å². The van der Waals surface area contributed by atoms with Crippen LogP contribution in [-0.4, -0.2) is 29.1 Å². The lowest BCUT2D eigenvalue weighted by Gasteiger charge is -2.32. The largest absolute Gasteiger partial charge is 0.514 e. The first kappa shape index (κ1) is 15.2. The zero-order chi connectivity index (χ0) is 15.1. The van der Waals surface area contributed by atoms with Gasteiger partial charge >= 0.3 is 7.12 Å².